The number of aromatic nitrogens is 2. The lowest BCUT2D eigenvalue weighted by atomic mass is 9.97. The van der Waals surface area contributed by atoms with Crippen molar-refractivity contribution >= 4 is 35.8 Å². The number of carbonyl (C=O) groups excluding carboxylic acids is 6. The Hall–Kier alpha value is -5.55. The van der Waals surface area contributed by atoms with Crippen LogP contribution >= 0.6 is 0 Å². The van der Waals surface area contributed by atoms with Crippen LogP contribution in [0.25, 0.3) is 0 Å². The van der Waals surface area contributed by atoms with Crippen molar-refractivity contribution in [2.24, 2.45) is 0 Å². The first kappa shape index (κ1) is 45.5. The smallest absolute Gasteiger partial charge is 0.367 e. The molecule has 2 aromatic rings. The van der Waals surface area contributed by atoms with Gasteiger partial charge in [0.2, 0.25) is 5.82 Å². The molecule has 4 heterocycles. The first-order chi connectivity index (χ1) is 28.2. The molecule has 3 saturated heterocycles. The minimum atomic E-state index is -2.57. The Morgan fingerprint density at radius 2 is 1.50 bits per heavy atom. The average Bonchev–Trinajstić information content (AvgIpc) is 3.79. The first-order valence-electron chi connectivity index (χ1n) is 18.6. The van der Waals surface area contributed by atoms with Gasteiger partial charge >= 0.3 is 41.5 Å². The van der Waals surface area contributed by atoms with Crippen molar-refractivity contribution in [2.75, 3.05) is 13.2 Å². The Kier molecular flexibility index (Phi) is 14.3. The predicted octanol–water partition coefficient (Wildman–Crippen LogP) is 0.628. The van der Waals surface area contributed by atoms with Gasteiger partial charge < -0.3 is 52.1 Å². The van der Waals surface area contributed by atoms with E-state index in [1.165, 1.54) is 0 Å². The Bertz CT molecular complexity index is 2050. The largest absolute Gasteiger partial charge is 0.462 e. The zero-order valence-electron chi connectivity index (χ0n) is 33.6. The SMILES string of the molecule is CC(=O)OC[C@@H](OC(C)=O)[C@@H](OC(C)=O)[C@H](OC(C)=O)[C@H]1OC(OC[C@H]2O[C@@H](n3cc(F)c(=O)[nH]c3=O)[C@@H]3OC(C)(C)O[C@@H]32)(C(=O)OCc2ccccc2)C[C@@H]1OC(C)=O. The average molecular weight is 853 g/mol. The van der Waals surface area contributed by atoms with Crippen molar-refractivity contribution in [1.29, 1.82) is 0 Å². The number of fused-ring (bicyclic) bond motifs is 1. The maximum atomic E-state index is 14.5. The molecule has 1 aromatic carbocycles. The van der Waals surface area contributed by atoms with E-state index < -0.39 is 139 Å². The first-order valence-corrected chi connectivity index (χ1v) is 18.6. The number of rotatable bonds is 16. The number of aromatic amines is 1. The number of halogens is 1. The molecule has 0 aliphatic carbocycles. The third-order valence-electron chi connectivity index (χ3n) is 9.19. The van der Waals surface area contributed by atoms with Crippen LogP contribution in [-0.2, 0) is 87.5 Å². The summed E-state index contributed by atoms with van der Waals surface area (Å²) in [5, 5.41) is 0. The zero-order chi connectivity index (χ0) is 44.1. The molecule has 21 nitrogen and oxygen atoms in total. The number of nitrogens with one attached hydrogen (secondary N) is 1. The number of hydrogen-bond acceptors (Lipinski definition) is 19. The number of hydrogen-bond donors (Lipinski definition) is 1. The highest BCUT2D eigenvalue weighted by molar-refractivity contribution is 5.79. The Morgan fingerprint density at radius 3 is 2.12 bits per heavy atom. The molecular formula is C38H45FN2O19. The van der Waals surface area contributed by atoms with Crippen LogP contribution in [0.5, 0.6) is 0 Å². The van der Waals surface area contributed by atoms with Crippen LogP contribution in [-0.4, -0.2) is 119 Å². The summed E-state index contributed by atoms with van der Waals surface area (Å²) in [6, 6.07) is 8.44. The van der Waals surface area contributed by atoms with E-state index in [-0.39, 0.29) is 6.61 Å². The fraction of sp³-hybridized carbons (Fsp3) is 0.579. The number of nitrogens with zero attached hydrogens (tertiary/aromatic N) is 1. The van der Waals surface area contributed by atoms with E-state index >= 15 is 0 Å². The molecule has 0 spiro atoms. The summed E-state index contributed by atoms with van der Waals surface area (Å²) < 4.78 is 78.8. The lowest BCUT2D eigenvalue weighted by molar-refractivity contribution is -0.270. The van der Waals surface area contributed by atoms with Gasteiger partial charge in [0.1, 0.15) is 43.7 Å². The second-order valence-corrected chi connectivity index (χ2v) is 14.4. The highest BCUT2D eigenvalue weighted by Crippen LogP contribution is 2.45. The third-order valence-corrected chi connectivity index (χ3v) is 9.19. The van der Waals surface area contributed by atoms with Crippen LogP contribution in [0.3, 0.4) is 0 Å². The molecule has 328 valence electrons. The molecular weight excluding hydrogens is 807 g/mol. The number of carbonyl (C=O) groups is 6. The minimum Gasteiger partial charge on any atom is -0.462 e. The molecule has 0 radical (unpaired) electrons. The van der Waals surface area contributed by atoms with Gasteiger partial charge in [0, 0.05) is 34.6 Å². The third kappa shape index (κ3) is 11.0. The summed E-state index contributed by atoms with van der Waals surface area (Å²) in [6.07, 6.45) is -13.5. The van der Waals surface area contributed by atoms with Gasteiger partial charge in [0.15, 0.2) is 30.3 Å². The van der Waals surface area contributed by atoms with E-state index in [1.54, 1.807) is 44.2 Å². The van der Waals surface area contributed by atoms with Gasteiger partial charge in [-0.1, -0.05) is 30.3 Å². The van der Waals surface area contributed by atoms with Gasteiger partial charge in [-0.25, -0.2) is 9.59 Å². The van der Waals surface area contributed by atoms with E-state index in [0.29, 0.717) is 11.8 Å². The second-order valence-electron chi connectivity index (χ2n) is 14.4. The summed E-state index contributed by atoms with van der Waals surface area (Å²) in [5.41, 5.74) is -1.77. The summed E-state index contributed by atoms with van der Waals surface area (Å²) in [5.74, 6) is -11.0. The van der Waals surface area contributed by atoms with Gasteiger partial charge in [0.25, 0.3) is 11.3 Å². The predicted molar refractivity (Wildman–Crippen MR) is 192 cm³/mol. The fourth-order valence-corrected chi connectivity index (χ4v) is 6.99. The topological polar surface area (TPSA) is 259 Å². The molecule has 60 heavy (non-hydrogen) atoms. The van der Waals surface area contributed by atoms with Crippen molar-refractivity contribution in [1.82, 2.24) is 9.55 Å². The van der Waals surface area contributed by atoms with Gasteiger partial charge in [-0.05, 0) is 19.4 Å². The standard InChI is InChI=1S/C38H45FN2O19/c1-18(42)50-16-26(54-20(3)44)28(55-21(4)45)31(56-22(5)46)29-25(53-19(2)43)13-38(60-29,35(48)51-15-23-11-9-8-10-12-23)52-17-27-30-32(59-37(6,7)58-30)34(57-27)41-14-24(39)33(47)40-36(41)49/h8-12,14,25-32,34H,13,15-17H2,1-7H3,(H,40,47,49)/t25-,26+,27+,28+,29-,30+,31-,32+,34+,38?/m0/s1. The monoisotopic (exact) mass is 852 g/mol. The van der Waals surface area contributed by atoms with Gasteiger partial charge in [0.05, 0.1) is 19.2 Å². The van der Waals surface area contributed by atoms with Crippen LogP contribution in [0.4, 0.5) is 4.39 Å². The van der Waals surface area contributed by atoms with E-state index in [1.807, 2.05) is 4.98 Å². The number of esters is 6. The normalized spacial score (nSPS) is 26.8. The number of benzene rings is 1. The van der Waals surface area contributed by atoms with E-state index in [4.69, 9.17) is 52.1 Å². The maximum absolute atomic E-state index is 14.5. The molecule has 0 saturated carbocycles. The molecule has 0 bridgehead atoms. The van der Waals surface area contributed by atoms with Crippen molar-refractivity contribution in [3.05, 3.63) is 68.7 Å². The summed E-state index contributed by atoms with van der Waals surface area (Å²) in [6.45, 7) is 6.50. The van der Waals surface area contributed by atoms with Crippen LogP contribution in [0, 0.1) is 5.82 Å². The van der Waals surface area contributed by atoms with Crippen molar-refractivity contribution in [3.8, 4) is 0 Å². The summed E-state index contributed by atoms with van der Waals surface area (Å²) >= 11 is 0. The summed E-state index contributed by atoms with van der Waals surface area (Å²) in [4.78, 5) is 103. The Balaban J connectivity index is 1.56. The second kappa shape index (κ2) is 18.8. The minimum absolute atomic E-state index is 0.323. The van der Waals surface area contributed by atoms with Crippen molar-refractivity contribution in [2.45, 2.75) is 128 Å². The molecule has 10 atom stereocenters. The van der Waals surface area contributed by atoms with Crippen LogP contribution < -0.4 is 11.2 Å². The van der Waals surface area contributed by atoms with Gasteiger partial charge in [-0.2, -0.15) is 4.39 Å². The molecule has 1 unspecified atom stereocenters. The van der Waals surface area contributed by atoms with Gasteiger partial charge in [-0.3, -0.25) is 38.3 Å². The van der Waals surface area contributed by atoms with Crippen molar-refractivity contribution in [3.63, 3.8) is 0 Å². The quantitative estimate of drug-likeness (QED) is 0.179. The molecule has 3 fully saturated rings. The molecule has 22 heteroatoms. The Labute approximate surface area is 340 Å². The fourth-order valence-electron chi connectivity index (χ4n) is 6.99. The van der Waals surface area contributed by atoms with E-state index in [2.05, 4.69) is 0 Å². The zero-order valence-corrected chi connectivity index (χ0v) is 33.6. The van der Waals surface area contributed by atoms with Crippen LogP contribution in [0.1, 0.15) is 66.7 Å². The summed E-state index contributed by atoms with van der Waals surface area (Å²) in [7, 11) is 0. The molecule has 1 N–H and O–H groups in total. The number of H-pyrrole nitrogens is 1. The lowest BCUT2D eigenvalue weighted by Gasteiger charge is -2.36. The van der Waals surface area contributed by atoms with Crippen LogP contribution in [0.2, 0.25) is 0 Å². The number of ether oxygens (including phenoxy) is 11. The molecule has 0 amide bonds. The molecule has 1 aromatic heterocycles. The Morgan fingerprint density at radius 1 is 0.850 bits per heavy atom. The van der Waals surface area contributed by atoms with Crippen LogP contribution in [0.15, 0.2) is 46.1 Å². The highest BCUT2D eigenvalue weighted by Gasteiger charge is 2.63. The highest BCUT2D eigenvalue weighted by atomic mass is 19.1. The van der Waals surface area contributed by atoms with E-state index in [9.17, 15) is 42.7 Å². The molecule has 5 rings (SSSR count). The maximum Gasteiger partial charge on any atom is 0.367 e. The molecule has 3 aliphatic heterocycles. The van der Waals surface area contributed by atoms with Crippen molar-refractivity contribution < 1.29 is 85.3 Å². The molecule has 3 aliphatic rings. The van der Waals surface area contributed by atoms with E-state index in [0.717, 1.165) is 39.2 Å². The lowest BCUT2D eigenvalue weighted by Crippen LogP contribution is -2.55. The van der Waals surface area contributed by atoms with Gasteiger partial charge in [-0.15, -0.1) is 0 Å².